The number of nitrogens with zero attached hydrogens (tertiary/aromatic N) is 2. The number of hydrogen-bond donors (Lipinski definition) is 1. The van der Waals surface area contributed by atoms with Crippen LogP contribution < -0.4 is 0 Å². The summed E-state index contributed by atoms with van der Waals surface area (Å²) in [5.41, 5.74) is -0.667. The molecule has 0 unspecified atom stereocenters. The van der Waals surface area contributed by atoms with Crippen LogP contribution in [0.5, 0.6) is 5.75 Å². The molecule has 9 heteroatoms. The van der Waals surface area contributed by atoms with Crippen molar-refractivity contribution in [1.29, 1.82) is 0 Å². The van der Waals surface area contributed by atoms with Crippen molar-refractivity contribution < 1.29 is 18.4 Å². The van der Waals surface area contributed by atoms with E-state index in [0.717, 1.165) is 16.4 Å². The van der Waals surface area contributed by atoms with Gasteiger partial charge in [0.2, 0.25) is 15.8 Å². The smallest absolute Gasteiger partial charge is 0.313 e. The maximum absolute atomic E-state index is 11.8. The van der Waals surface area contributed by atoms with Crippen LogP contribution in [0.15, 0.2) is 21.5 Å². The van der Waals surface area contributed by atoms with E-state index in [-0.39, 0.29) is 16.8 Å². The van der Waals surface area contributed by atoms with E-state index >= 15 is 0 Å². The Bertz CT molecular complexity index is 571. The van der Waals surface area contributed by atoms with Crippen LogP contribution in [0.3, 0.4) is 0 Å². The van der Waals surface area contributed by atoms with Crippen LogP contribution in [-0.4, -0.2) is 36.8 Å². The molecule has 0 saturated heterocycles. The minimum absolute atomic E-state index is 0. The second-order valence-electron chi connectivity index (χ2n) is 3.32. The number of nitro benzene ring substituents is 1. The van der Waals surface area contributed by atoms with Crippen molar-refractivity contribution >= 4 is 31.6 Å². The van der Waals surface area contributed by atoms with Gasteiger partial charge in [-0.2, -0.15) is 0 Å². The van der Waals surface area contributed by atoms with E-state index in [9.17, 15) is 23.6 Å². The molecule has 0 bridgehead atoms. The third-order valence-electron chi connectivity index (χ3n) is 1.99. The third kappa shape index (κ3) is 2.98. The summed E-state index contributed by atoms with van der Waals surface area (Å²) in [5, 5.41) is 20.0. The Hall–Kier alpha value is -1.19. The van der Waals surface area contributed by atoms with Gasteiger partial charge in [0.25, 0.3) is 0 Å². The molecule has 0 aliphatic heterocycles. The maximum Gasteiger partial charge on any atom is 0.313 e. The number of rotatable bonds is 3. The highest BCUT2D eigenvalue weighted by Gasteiger charge is 2.25. The Labute approximate surface area is 113 Å². The van der Waals surface area contributed by atoms with Gasteiger partial charge in [-0.15, -0.1) is 0 Å². The Kier molecular flexibility index (Phi) is 5.26. The molecule has 0 radical (unpaired) electrons. The average Bonchev–Trinajstić information content (AvgIpc) is 2.20. The first-order chi connectivity index (χ1) is 7.67. The summed E-state index contributed by atoms with van der Waals surface area (Å²) >= 11 is 2.87. The molecule has 102 valence electrons. The van der Waals surface area contributed by atoms with Crippen LogP contribution in [-0.2, 0) is 10.0 Å². The minimum atomic E-state index is -3.78. The number of hydrogen-bond acceptors (Lipinski definition) is 5. The highest BCUT2D eigenvalue weighted by Crippen LogP contribution is 2.36. The van der Waals surface area contributed by atoms with E-state index in [1.165, 1.54) is 14.1 Å². The van der Waals surface area contributed by atoms with Crippen LogP contribution in [0.1, 0.15) is 7.43 Å². The zero-order chi connectivity index (χ0) is 13.4. The monoisotopic (exact) mass is 340 g/mol. The quantitative estimate of drug-likeness (QED) is 0.669. The molecule has 0 aliphatic rings. The first kappa shape index (κ1) is 16.8. The molecule has 0 spiro atoms. The van der Waals surface area contributed by atoms with E-state index in [2.05, 4.69) is 15.9 Å². The predicted octanol–water partition coefficient (Wildman–Crippen LogP) is 1.95. The van der Waals surface area contributed by atoms with Crippen molar-refractivity contribution in [1.82, 2.24) is 4.31 Å². The molecule has 0 heterocycles. The third-order valence-corrected chi connectivity index (χ3v) is 4.39. The van der Waals surface area contributed by atoms with Crippen LogP contribution in [0, 0.1) is 10.1 Å². The van der Waals surface area contributed by atoms with Gasteiger partial charge < -0.3 is 5.11 Å². The number of benzene rings is 1. The lowest BCUT2D eigenvalue weighted by atomic mass is 10.3. The van der Waals surface area contributed by atoms with Crippen LogP contribution >= 0.6 is 15.9 Å². The molecular formula is C9H13BrN2O5S. The van der Waals surface area contributed by atoms with E-state index < -0.39 is 26.4 Å². The molecule has 0 atom stereocenters. The number of phenols is 1. The largest absolute Gasteiger partial charge is 0.501 e. The van der Waals surface area contributed by atoms with Crippen LogP contribution in [0.4, 0.5) is 5.69 Å². The summed E-state index contributed by atoms with van der Waals surface area (Å²) in [7, 11) is -1.17. The van der Waals surface area contributed by atoms with Crippen LogP contribution in [0.25, 0.3) is 0 Å². The minimum Gasteiger partial charge on any atom is -0.501 e. The van der Waals surface area contributed by atoms with Crippen molar-refractivity contribution in [3.05, 3.63) is 26.7 Å². The van der Waals surface area contributed by atoms with Gasteiger partial charge in [-0.25, -0.2) is 12.7 Å². The van der Waals surface area contributed by atoms with Gasteiger partial charge in [-0.3, -0.25) is 10.1 Å². The summed E-state index contributed by atoms with van der Waals surface area (Å²) in [4.78, 5) is 9.52. The van der Waals surface area contributed by atoms with Crippen molar-refractivity contribution in [2.75, 3.05) is 14.1 Å². The zero-order valence-corrected chi connectivity index (χ0v) is 11.3. The van der Waals surface area contributed by atoms with Gasteiger partial charge in [-0.05, 0) is 22.0 Å². The Balaban J connectivity index is 0.00000289. The Morgan fingerprint density at radius 3 is 2.28 bits per heavy atom. The fourth-order valence-corrected chi connectivity index (χ4v) is 2.61. The molecule has 1 rings (SSSR count). The van der Waals surface area contributed by atoms with Crippen molar-refractivity contribution in [3.8, 4) is 5.75 Å². The number of halogens is 1. The van der Waals surface area contributed by atoms with E-state index in [0.29, 0.717) is 0 Å². The molecule has 1 N–H and O–H groups in total. The Morgan fingerprint density at radius 2 is 1.89 bits per heavy atom. The van der Waals surface area contributed by atoms with Crippen molar-refractivity contribution in [2.45, 2.75) is 12.3 Å². The summed E-state index contributed by atoms with van der Waals surface area (Å²) in [6, 6.07) is 1.92. The van der Waals surface area contributed by atoms with E-state index in [1.807, 2.05) is 0 Å². The topological polar surface area (TPSA) is 101 Å². The molecule has 1 aromatic carbocycles. The van der Waals surface area contributed by atoms with E-state index in [4.69, 9.17) is 0 Å². The fraction of sp³-hybridized carbons (Fsp3) is 0.333. The number of aromatic hydroxyl groups is 1. The number of nitro groups is 1. The highest BCUT2D eigenvalue weighted by molar-refractivity contribution is 9.10. The first-order valence-electron chi connectivity index (χ1n) is 4.27. The average molecular weight is 341 g/mol. The van der Waals surface area contributed by atoms with Gasteiger partial charge in [0.15, 0.2) is 0 Å². The highest BCUT2D eigenvalue weighted by atomic mass is 79.9. The lowest BCUT2D eigenvalue weighted by molar-refractivity contribution is -0.386. The molecule has 7 nitrogen and oxygen atoms in total. The summed E-state index contributed by atoms with van der Waals surface area (Å²) in [5.74, 6) is -0.604. The molecule has 0 aromatic heterocycles. The molecule has 0 saturated carbocycles. The molecule has 1 aromatic rings. The second kappa shape index (κ2) is 5.63. The molecule has 0 amide bonds. The van der Waals surface area contributed by atoms with E-state index in [1.54, 1.807) is 0 Å². The molecular weight excluding hydrogens is 328 g/mol. The van der Waals surface area contributed by atoms with Crippen molar-refractivity contribution in [2.24, 2.45) is 0 Å². The first-order valence-corrected chi connectivity index (χ1v) is 6.50. The SMILES string of the molecule is C.CN(C)S(=O)(=O)c1cc(Br)c(O)c([N+](=O)[O-])c1. The van der Waals surface area contributed by atoms with Crippen molar-refractivity contribution in [3.63, 3.8) is 0 Å². The second-order valence-corrected chi connectivity index (χ2v) is 6.32. The summed E-state index contributed by atoms with van der Waals surface area (Å²) in [6.07, 6.45) is 0. The fourth-order valence-electron chi connectivity index (χ4n) is 1.06. The summed E-state index contributed by atoms with van der Waals surface area (Å²) < 4.78 is 24.4. The maximum atomic E-state index is 11.8. The predicted molar refractivity (Wildman–Crippen MR) is 70.1 cm³/mol. The van der Waals surface area contributed by atoms with Gasteiger partial charge in [-0.1, -0.05) is 7.43 Å². The summed E-state index contributed by atoms with van der Waals surface area (Å²) in [6.45, 7) is 0. The molecule has 0 fully saturated rings. The van der Waals surface area contributed by atoms with Gasteiger partial charge >= 0.3 is 5.69 Å². The normalized spacial score (nSPS) is 11.1. The zero-order valence-electron chi connectivity index (χ0n) is 8.92. The number of sulfonamides is 1. The van der Waals surface area contributed by atoms with Crippen LogP contribution in [0.2, 0.25) is 0 Å². The lowest BCUT2D eigenvalue weighted by Gasteiger charge is -2.11. The van der Waals surface area contributed by atoms with Gasteiger partial charge in [0.1, 0.15) is 0 Å². The molecule has 18 heavy (non-hydrogen) atoms. The van der Waals surface area contributed by atoms with Gasteiger partial charge in [0.05, 0.1) is 14.3 Å². The standard InChI is InChI=1S/C8H9BrN2O5S.CH4/c1-10(2)17(15,16)5-3-6(9)8(12)7(4-5)11(13)14;/h3-4,12H,1-2H3;1H4. The van der Waals surface area contributed by atoms with Gasteiger partial charge in [0, 0.05) is 20.2 Å². The lowest BCUT2D eigenvalue weighted by Crippen LogP contribution is -2.22. The molecule has 0 aliphatic carbocycles. The number of phenolic OH excluding ortho intramolecular Hbond substituents is 1. The Morgan fingerprint density at radius 1 is 1.39 bits per heavy atom.